The Morgan fingerprint density at radius 3 is 2.62 bits per heavy atom. The van der Waals surface area contributed by atoms with Crippen molar-refractivity contribution < 1.29 is 13.2 Å². The molecule has 7 heteroatoms. The fraction of sp³-hybridized carbons (Fsp3) is 0.444. The van der Waals surface area contributed by atoms with Gasteiger partial charge in [-0.15, -0.1) is 0 Å². The third-order valence-corrected chi connectivity index (χ3v) is 2.59. The maximum absolute atomic E-state index is 13.5. The number of rotatable bonds is 5. The van der Waals surface area contributed by atoms with Gasteiger partial charge in [-0.2, -0.15) is 0 Å². The molecule has 0 saturated carbocycles. The van der Waals surface area contributed by atoms with Crippen LogP contribution in [0.5, 0.6) is 0 Å². The molecule has 0 atom stereocenters. The fourth-order valence-electron chi connectivity index (χ4n) is 1.19. The maximum Gasteiger partial charge on any atom is 0.255 e. The second-order valence-electron chi connectivity index (χ2n) is 2.99. The number of halogens is 5. The normalized spacial score (nSPS) is 10.9. The van der Waals surface area contributed by atoms with Gasteiger partial charge in [0.05, 0.1) is 6.54 Å². The van der Waals surface area contributed by atoms with Crippen molar-refractivity contribution in [2.24, 2.45) is 0 Å². The minimum atomic E-state index is -2.52. The van der Waals surface area contributed by atoms with Gasteiger partial charge in [-0.1, -0.05) is 15.9 Å². The standard InChI is InChI=1S/C9H9Br2F3N2/c10-1-2-16(5-8(13)14)9-7(12)3-6(11)4-15-9/h3-4,8H,1-2,5H2. The molecule has 0 fully saturated rings. The Labute approximate surface area is 108 Å². The SMILES string of the molecule is Fc1cc(Br)cnc1N(CCBr)CC(F)F. The molecule has 0 aliphatic rings. The molecule has 1 aromatic rings. The summed E-state index contributed by atoms with van der Waals surface area (Å²) < 4.78 is 38.5. The van der Waals surface area contributed by atoms with E-state index in [2.05, 4.69) is 36.8 Å². The largest absolute Gasteiger partial charge is 0.348 e. The molecule has 0 bridgehead atoms. The van der Waals surface area contributed by atoms with E-state index in [4.69, 9.17) is 0 Å². The Balaban J connectivity index is 2.91. The van der Waals surface area contributed by atoms with Crippen LogP contribution >= 0.6 is 31.9 Å². The zero-order valence-corrected chi connectivity index (χ0v) is 11.3. The van der Waals surface area contributed by atoms with Crippen LogP contribution in [-0.4, -0.2) is 29.8 Å². The summed E-state index contributed by atoms with van der Waals surface area (Å²) in [5.74, 6) is -0.668. The lowest BCUT2D eigenvalue weighted by Gasteiger charge is -2.22. The molecule has 0 radical (unpaired) electrons. The van der Waals surface area contributed by atoms with Gasteiger partial charge in [-0.05, 0) is 22.0 Å². The second-order valence-corrected chi connectivity index (χ2v) is 4.69. The highest BCUT2D eigenvalue weighted by molar-refractivity contribution is 9.10. The quantitative estimate of drug-likeness (QED) is 0.747. The van der Waals surface area contributed by atoms with Gasteiger partial charge in [0.15, 0.2) is 11.6 Å². The van der Waals surface area contributed by atoms with Gasteiger partial charge < -0.3 is 4.90 Å². The molecule has 2 nitrogen and oxygen atoms in total. The van der Waals surface area contributed by atoms with E-state index < -0.39 is 18.8 Å². The molecule has 0 spiro atoms. The average Bonchev–Trinajstić information content (AvgIpc) is 2.16. The van der Waals surface area contributed by atoms with Gasteiger partial charge in [-0.3, -0.25) is 0 Å². The minimum absolute atomic E-state index is 0.0528. The Hall–Kier alpha value is -0.300. The Morgan fingerprint density at radius 2 is 2.12 bits per heavy atom. The average molecular weight is 362 g/mol. The van der Waals surface area contributed by atoms with Crippen LogP contribution in [-0.2, 0) is 0 Å². The number of hydrogen-bond donors (Lipinski definition) is 0. The highest BCUT2D eigenvalue weighted by Crippen LogP contribution is 2.20. The van der Waals surface area contributed by atoms with Gasteiger partial charge in [0.1, 0.15) is 0 Å². The number of alkyl halides is 3. The van der Waals surface area contributed by atoms with Crippen molar-refractivity contribution in [3.8, 4) is 0 Å². The first kappa shape index (κ1) is 13.8. The molecule has 1 rings (SSSR count). The van der Waals surface area contributed by atoms with E-state index in [0.29, 0.717) is 9.80 Å². The monoisotopic (exact) mass is 360 g/mol. The van der Waals surface area contributed by atoms with Crippen LogP contribution in [0.2, 0.25) is 0 Å². The molecule has 0 aliphatic heterocycles. The van der Waals surface area contributed by atoms with Gasteiger partial charge in [0, 0.05) is 22.5 Å². The van der Waals surface area contributed by atoms with Crippen LogP contribution in [0.3, 0.4) is 0 Å². The lowest BCUT2D eigenvalue weighted by Crippen LogP contribution is -2.32. The summed E-state index contributed by atoms with van der Waals surface area (Å²) in [5.41, 5.74) is 0. The fourth-order valence-corrected chi connectivity index (χ4v) is 1.92. The molecular weight excluding hydrogens is 353 g/mol. The van der Waals surface area contributed by atoms with Crippen molar-refractivity contribution in [3.05, 3.63) is 22.6 Å². The van der Waals surface area contributed by atoms with Gasteiger partial charge >= 0.3 is 0 Å². The van der Waals surface area contributed by atoms with E-state index in [1.807, 2.05) is 0 Å². The van der Waals surface area contributed by atoms with E-state index in [1.165, 1.54) is 17.2 Å². The van der Waals surface area contributed by atoms with E-state index in [-0.39, 0.29) is 12.4 Å². The number of nitrogens with zero attached hydrogens (tertiary/aromatic N) is 2. The molecule has 0 aliphatic carbocycles. The molecule has 90 valence electrons. The molecule has 1 heterocycles. The predicted molar refractivity (Wildman–Crippen MR) is 63.9 cm³/mol. The third kappa shape index (κ3) is 3.93. The van der Waals surface area contributed by atoms with E-state index in [9.17, 15) is 13.2 Å². The van der Waals surface area contributed by atoms with Crippen LogP contribution in [0.1, 0.15) is 0 Å². The number of pyridine rings is 1. The molecule has 0 amide bonds. The highest BCUT2D eigenvalue weighted by atomic mass is 79.9. The van der Waals surface area contributed by atoms with Crippen molar-refractivity contribution in [3.63, 3.8) is 0 Å². The van der Waals surface area contributed by atoms with Crippen LogP contribution in [0.15, 0.2) is 16.7 Å². The van der Waals surface area contributed by atoms with Crippen molar-refractivity contribution >= 4 is 37.7 Å². The maximum atomic E-state index is 13.5. The summed E-state index contributed by atoms with van der Waals surface area (Å²) in [6, 6.07) is 1.20. The van der Waals surface area contributed by atoms with Crippen molar-refractivity contribution in [2.45, 2.75) is 6.43 Å². The summed E-state index contributed by atoms with van der Waals surface area (Å²) >= 11 is 6.19. The highest BCUT2D eigenvalue weighted by Gasteiger charge is 2.17. The van der Waals surface area contributed by atoms with Crippen molar-refractivity contribution in [1.82, 2.24) is 4.98 Å². The first-order valence-electron chi connectivity index (χ1n) is 4.44. The zero-order valence-electron chi connectivity index (χ0n) is 8.14. The topological polar surface area (TPSA) is 16.1 Å². The Morgan fingerprint density at radius 1 is 1.44 bits per heavy atom. The van der Waals surface area contributed by atoms with Crippen LogP contribution in [0, 0.1) is 5.82 Å². The lowest BCUT2D eigenvalue weighted by atomic mass is 10.4. The Bertz CT molecular complexity index is 350. The van der Waals surface area contributed by atoms with Crippen molar-refractivity contribution in [2.75, 3.05) is 23.3 Å². The van der Waals surface area contributed by atoms with Crippen LogP contribution in [0.4, 0.5) is 19.0 Å². The summed E-state index contributed by atoms with van der Waals surface area (Å²) in [6.07, 6.45) is -1.14. The van der Waals surface area contributed by atoms with Gasteiger partial charge in [-0.25, -0.2) is 18.2 Å². The predicted octanol–water partition coefficient (Wildman–Crippen LogP) is 3.45. The zero-order chi connectivity index (χ0) is 12.1. The summed E-state index contributed by atoms with van der Waals surface area (Å²) in [6.45, 7) is -0.257. The molecule has 0 N–H and O–H groups in total. The second kappa shape index (κ2) is 6.44. The summed E-state index contributed by atoms with van der Waals surface area (Å²) in [5, 5.41) is 0.469. The number of aromatic nitrogens is 1. The van der Waals surface area contributed by atoms with Gasteiger partial charge in [0.2, 0.25) is 0 Å². The third-order valence-electron chi connectivity index (χ3n) is 1.80. The molecule has 0 saturated heterocycles. The molecule has 0 aromatic carbocycles. The van der Waals surface area contributed by atoms with E-state index in [0.717, 1.165) is 0 Å². The number of anilines is 1. The molecule has 0 unspecified atom stereocenters. The molecule has 16 heavy (non-hydrogen) atoms. The van der Waals surface area contributed by atoms with E-state index in [1.54, 1.807) is 0 Å². The summed E-state index contributed by atoms with van der Waals surface area (Å²) in [4.78, 5) is 5.01. The first-order chi connectivity index (χ1) is 7.54. The van der Waals surface area contributed by atoms with Crippen LogP contribution < -0.4 is 4.90 Å². The summed E-state index contributed by atoms with van der Waals surface area (Å²) in [7, 11) is 0. The first-order valence-corrected chi connectivity index (χ1v) is 6.36. The van der Waals surface area contributed by atoms with Crippen molar-refractivity contribution in [1.29, 1.82) is 0 Å². The molecule has 1 aromatic heterocycles. The Kier molecular flexibility index (Phi) is 5.54. The number of hydrogen-bond acceptors (Lipinski definition) is 2. The van der Waals surface area contributed by atoms with Gasteiger partial charge in [0.25, 0.3) is 6.43 Å². The van der Waals surface area contributed by atoms with E-state index >= 15 is 0 Å². The lowest BCUT2D eigenvalue weighted by molar-refractivity contribution is 0.155. The molecular formula is C9H9Br2F3N2. The smallest absolute Gasteiger partial charge is 0.255 e. The minimum Gasteiger partial charge on any atom is -0.348 e. The van der Waals surface area contributed by atoms with Crippen LogP contribution in [0.25, 0.3) is 0 Å².